The molecular formula is C11H16N2O2S. The highest BCUT2D eigenvalue weighted by Crippen LogP contribution is 2.32. The first-order valence-electron chi connectivity index (χ1n) is 5.60. The highest BCUT2D eigenvalue weighted by atomic mass is 32.1. The lowest BCUT2D eigenvalue weighted by Gasteiger charge is -2.19. The summed E-state index contributed by atoms with van der Waals surface area (Å²) >= 11 is 1.55. The summed E-state index contributed by atoms with van der Waals surface area (Å²) in [6, 6.07) is 0. The molecule has 0 bridgehead atoms. The van der Waals surface area contributed by atoms with E-state index in [0.29, 0.717) is 5.92 Å². The van der Waals surface area contributed by atoms with Crippen molar-refractivity contribution in [3.05, 3.63) is 11.1 Å². The summed E-state index contributed by atoms with van der Waals surface area (Å²) in [5.41, 5.74) is 1.05. The Morgan fingerprint density at radius 1 is 1.69 bits per heavy atom. The monoisotopic (exact) mass is 240 g/mol. The van der Waals surface area contributed by atoms with Crippen LogP contribution in [0.3, 0.4) is 0 Å². The largest absolute Gasteiger partial charge is 0.480 e. The molecule has 1 N–H and O–H groups in total. The van der Waals surface area contributed by atoms with Crippen LogP contribution in [0.4, 0.5) is 5.13 Å². The summed E-state index contributed by atoms with van der Waals surface area (Å²) in [4.78, 5) is 17.1. The molecule has 1 aromatic heterocycles. The van der Waals surface area contributed by atoms with Gasteiger partial charge in [-0.05, 0) is 25.2 Å². The third-order valence-corrected chi connectivity index (χ3v) is 3.62. The topological polar surface area (TPSA) is 53.4 Å². The van der Waals surface area contributed by atoms with Crippen molar-refractivity contribution in [3.8, 4) is 0 Å². The number of anilines is 1. The fourth-order valence-electron chi connectivity index (χ4n) is 1.59. The van der Waals surface area contributed by atoms with Crippen LogP contribution in [-0.4, -0.2) is 29.1 Å². The van der Waals surface area contributed by atoms with Gasteiger partial charge in [0.1, 0.15) is 6.54 Å². The van der Waals surface area contributed by atoms with Gasteiger partial charge in [-0.25, -0.2) is 4.98 Å². The predicted molar refractivity (Wildman–Crippen MR) is 64.1 cm³/mol. The highest BCUT2D eigenvalue weighted by molar-refractivity contribution is 7.13. The molecule has 1 fully saturated rings. The van der Waals surface area contributed by atoms with E-state index in [1.54, 1.807) is 11.3 Å². The molecule has 1 heterocycles. The van der Waals surface area contributed by atoms with Gasteiger partial charge in [0.15, 0.2) is 5.13 Å². The van der Waals surface area contributed by atoms with Crippen molar-refractivity contribution in [1.82, 2.24) is 4.98 Å². The van der Waals surface area contributed by atoms with Crippen molar-refractivity contribution >= 4 is 22.4 Å². The second kappa shape index (κ2) is 4.82. The molecular weight excluding hydrogens is 224 g/mol. The van der Waals surface area contributed by atoms with Gasteiger partial charge in [0.2, 0.25) is 0 Å². The van der Waals surface area contributed by atoms with Crippen LogP contribution in [0.25, 0.3) is 0 Å². The van der Waals surface area contributed by atoms with Crippen LogP contribution in [0.15, 0.2) is 5.38 Å². The molecule has 16 heavy (non-hydrogen) atoms. The first-order valence-corrected chi connectivity index (χ1v) is 6.48. The van der Waals surface area contributed by atoms with Crippen LogP contribution in [0.1, 0.15) is 25.5 Å². The minimum atomic E-state index is -0.783. The standard InChI is InChI=1S/C11H16N2O2S/c1-2-9-7-16-11(12-9)13(6-10(14)15)5-8-3-4-8/h7-8H,2-6H2,1H3,(H,14,15). The average Bonchev–Trinajstić information content (AvgIpc) is 2.93. The zero-order valence-corrected chi connectivity index (χ0v) is 10.2. The molecule has 88 valence electrons. The summed E-state index contributed by atoms with van der Waals surface area (Å²) in [6.07, 6.45) is 3.35. The Morgan fingerprint density at radius 2 is 2.44 bits per heavy atom. The molecule has 0 spiro atoms. The minimum Gasteiger partial charge on any atom is -0.480 e. The Kier molecular flexibility index (Phi) is 3.43. The summed E-state index contributed by atoms with van der Waals surface area (Å²) in [7, 11) is 0. The number of thiazole rings is 1. The molecule has 0 aliphatic heterocycles. The first kappa shape index (κ1) is 11.4. The van der Waals surface area contributed by atoms with Crippen LogP contribution >= 0.6 is 11.3 Å². The van der Waals surface area contributed by atoms with Crippen LogP contribution in [-0.2, 0) is 11.2 Å². The number of nitrogens with zero attached hydrogens (tertiary/aromatic N) is 2. The van der Waals surface area contributed by atoms with Gasteiger partial charge in [-0.1, -0.05) is 6.92 Å². The SMILES string of the molecule is CCc1csc(N(CC(=O)O)CC2CC2)n1. The van der Waals surface area contributed by atoms with Gasteiger partial charge in [0.05, 0.1) is 5.69 Å². The summed E-state index contributed by atoms with van der Waals surface area (Å²) in [6.45, 7) is 2.96. The summed E-state index contributed by atoms with van der Waals surface area (Å²) in [5, 5.41) is 11.7. The predicted octanol–water partition coefficient (Wildman–Crippen LogP) is 2.01. The van der Waals surface area contributed by atoms with E-state index in [4.69, 9.17) is 5.11 Å². The number of carbonyl (C=O) groups is 1. The summed E-state index contributed by atoms with van der Waals surface area (Å²) in [5.74, 6) is -0.109. The maximum absolute atomic E-state index is 10.8. The molecule has 0 saturated heterocycles. The van der Waals surface area contributed by atoms with E-state index in [0.717, 1.165) is 23.8 Å². The fourth-order valence-corrected chi connectivity index (χ4v) is 2.51. The van der Waals surface area contributed by atoms with E-state index in [9.17, 15) is 4.79 Å². The molecule has 0 unspecified atom stereocenters. The minimum absolute atomic E-state index is 0.0627. The number of hydrogen-bond donors (Lipinski definition) is 1. The number of hydrogen-bond acceptors (Lipinski definition) is 4. The second-order valence-electron chi connectivity index (χ2n) is 4.19. The Hall–Kier alpha value is -1.10. The lowest BCUT2D eigenvalue weighted by Crippen LogP contribution is -2.31. The Bertz CT molecular complexity index is 374. The number of aromatic nitrogens is 1. The van der Waals surface area contributed by atoms with Gasteiger partial charge in [-0.15, -0.1) is 11.3 Å². The van der Waals surface area contributed by atoms with Crippen LogP contribution in [0, 0.1) is 5.92 Å². The number of rotatable bonds is 6. The summed E-state index contributed by atoms with van der Waals surface area (Å²) < 4.78 is 0. The van der Waals surface area contributed by atoms with Gasteiger partial charge in [-0.2, -0.15) is 0 Å². The normalized spacial score (nSPS) is 15.1. The van der Waals surface area contributed by atoms with E-state index in [2.05, 4.69) is 11.9 Å². The van der Waals surface area contributed by atoms with Crippen LogP contribution in [0.5, 0.6) is 0 Å². The van der Waals surface area contributed by atoms with E-state index in [-0.39, 0.29) is 6.54 Å². The number of aliphatic carboxylic acids is 1. The molecule has 0 aromatic carbocycles. The molecule has 1 saturated carbocycles. The van der Waals surface area contributed by atoms with Crippen molar-refractivity contribution < 1.29 is 9.90 Å². The van der Waals surface area contributed by atoms with E-state index in [1.807, 2.05) is 10.3 Å². The molecule has 1 aliphatic rings. The van der Waals surface area contributed by atoms with Gasteiger partial charge in [-0.3, -0.25) is 4.79 Å². The number of aryl methyl sites for hydroxylation is 1. The molecule has 1 aromatic rings. The molecule has 1 aliphatic carbocycles. The quantitative estimate of drug-likeness (QED) is 0.826. The smallest absolute Gasteiger partial charge is 0.323 e. The highest BCUT2D eigenvalue weighted by Gasteiger charge is 2.26. The molecule has 0 radical (unpaired) electrons. The second-order valence-corrected chi connectivity index (χ2v) is 5.03. The number of carboxylic acid groups (broad SMARTS) is 1. The van der Waals surface area contributed by atoms with E-state index in [1.165, 1.54) is 12.8 Å². The van der Waals surface area contributed by atoms with Gasteiger partial charge in [0.25, 0.3) is 0 Å². The number of carboxylic acids is 1. The third-order valence-electron chi connectivity index (χ3n) is 2.67. The first-order chi connectivity index (χ1) is 7.69. The van der Waals surface area contributed by atoms with Crippen molar-refractivity contribution in [3.63, 3.8) is 0 Å². The van der Waals surface area contributed by atoms with Gasteiger partial charge >= 0.3 is 5.97 Å². The Balaban J connectivity index is 2.05. The maximum atomic E-state index is 10.8. The molecule has 5 heteroatoms. The van der Waals surface area contributed by atoms with Crippen LogP contribution < -0.4 is 4.90 Å². The molecule has 0 amide bonds. The van der Waals surface area contributed by atoms with E-state index < -0.39 is 5.97 Å². The van der Waals surface area contributed by atoms with Gasteiger partial charge < -0.3 is 10.0 Å². The Morgan fingerprint density at radius 3 is 2.94 bits per heavy atom. The van der Waals surface area contributed by atoms with E-state index >= 15 is 0 Å². The third kappa shape index (κ3) is 2.95. The Labute approximate surface area is 98.9 Å². The van der Waals surface area contributed by atoms with Crippen LogP contribution in [0.2, 0.25) is 0 Å². The molecule has 0 atom stereocenters. The van der Waals surface area contributed by atoms with Crippen molar-refractivity contribution in [1.29, 1.82) is 0 Å². The average molecular weight is 240 g/mol. The van der Waals surface area contributed by atoms with Crippen molar-refractivity contribution in [2.75, 3.05) is 18.0 Å². The van der Waals surface area contributed by atoms with Gasteiger partial charge in [0, 0.05) is 11.9 Å². The molecule has 4 nitrogen and oxygen atoms in total. The lowest BCUT2D eigenvalue weighted by molar-refractivity contribution is -0.135. The van der Waals surface area contributed by atoms with Crippen molar-refractivity contribution in [2.24, 2.45) is 5.92 Å². The fraction of sp³-hybridized carbons (Fsp3) is 0.636. The lowest BCUT2D eigenvalue weighted by atomic mass is 10.4. The maximum Gasteiger partial charge on any atom is 0.323 e. The zero-order chi connectivity index (χ0) is 11.5. The molecule has 2 rings (SSSR count). The van der Waals surface area contributed by atoms with Crippen molar-refractivity contribution in [2.45, 2.75) is 26.2 Å². The zero-order valence-electron chi connectivity index (χ0n) is 9.35.